The zero-order valence-corrected chi connectivity index (χ0v) is 23.9. The highest BCUT2D eigenvalue weighted by Crippen LogP contribution is 2.32. The average molecular weight is 555 g/mol. The van der Waals surface area contributed by atoms with Crippen LogP contribution in [0.25, 0.3) is 11.3 Å². The summed E-state index contributed by atoms with van der Waals surface area (Å²) in [6.45, 7) is 9.98. The highest BCUT2D eigenvalue weighted by molar-refractivity contribution is 7.17. The number of thiazole rings is 1. The molecule has 1 aromatic heterocycles. The highest BCUT2D eigenvalue weighted by Gasteiger charge is 2.19. The number of hydrogen-bond acceptors (Lipinski definition) is 7. The van der Waals surface area contributed by atoms with Gasteiger partial charge in [0, 0.05) is 24.2 Å². The topological polar surface area (TPSA) is 76.0 Å². The second kappa shape index (κ2) is 12.4. The van der Waals surface area contributed by atoms with Gasteiger partial charge in [-0.05, 0) is 40.8 Å². The van der Waals surface area contributed by atoms with Gasteiger partial charge in [0.2, 0.25) is 0 Å². The van der Waals surface area contributed by atoms with Crippen molar-refractivity contribution in [1.29, 1.82) is 0 Å². The van der Waals surface area contributed by atoms with Crippen LogP contribution in [0.1, 0.15) is 47.1 Å². The second-order valence-electron chi connectivity index (χ2n) is 10.6. The molecule has 1 fully saturated rings. The van der Waals surface area contributed by atoms with Gasteiger partial charge >= 0.3 is 0 Å². The lowest BCUT2D eigenvalue weighted by Gasteiger charge is -2.26. The van der Waals surface area contributed by atoms with Crippen molar-refractivity contribution in [3.8, 4) is 17.0 Å². The summed E-state index contributed by atoms with van der Waals surface area (Å²) in [5, 5.41) is 5.19. The maximum Gasteiger partial charge on any atom is 0.271 e. The van der Waals surface area contributed by atoms with Gasteiger partial charge in [0.1, 0.15) is 12.4 Å². The lowest BCUT2D eigenvalue weighted by atomic mass is 9.87. The predicted octanol–water partition coefficient (Wildman–Crippen LogP) is 6.29. The van der Waals surface area contributed by atoms with Crippen LogP contribution in [0.5, 0.6) is 5.75 Å². The average Bonchev–Trinajstić information content (AvgIpc) is 3.41. The molecule has 0 bridgehead atoms. The van der Waals surface area contributed by atoms with E-state index >= 15 is 0 Å². The summed E-state index contributed by atoms with van der Waals surface area (Å²) < 4.78 is 11.4. The van der Waals surface area contributed by atoms with Crippen LogP contribution < -0.4 is 15.1 Å². The van der Waals surface area contributed by atoms with Gasteiger partial charge in [0.25, 0.3) is 5.91 Å². The molecule has 0 radical (unpaired) electrons. The molecule has 2 heterocycles. The number of nitrogens with one attached hydrogen (secondary N) is 1. The molecule has 1 saturated heterocycles. The van der Waals surface area contributed by atoms with Crippen LogP contribution in [0, 0.1) is 0 Å². The SMILES string of the molecule is CC(C)(C)c1ccc(OCc2ccc(C(=O)N/N=C\c3sc(N4CCOCC4)nc3-c3ccccc3)cc2)cc1. The lowest BCUT2D eigenvalue weighted by molar-refractivity contribution is 0.0955. The number of benzene rings is 3. The number of aromatic nitrogens is 1. The van der Waals surface area contributed by atoms with Gasteiger partial charge in [-0.15, -0.1) is 0 Å². The van der Waals surface area contributed by atoms with Gasteiger partial charge in [-0.25, -0.2) is 10.4 Å². The number of hydrazone groups is 1. The molecule has 4 aromatic rings. The molecule has 3 aromatic carbocycles. The minimum absolute atomic E-state index is 0.107. The number of anilines is 1. The first-order valence-corrected chi connectivity index (χ1v) is 14.2. The Morgan fingerprint density at radius 2 is 1.73 bits per heavy atom. The first-order chi connectivity index (χ1) is 19.4. The fourth-order valence-corrected chi connectivity index (χ4v) is 5.30. The highest BCUT2D eigenvalue weighted by atomic mass is 32.1. The third-order valence-corrected chi connectivity index (χ3v) is 7.71. The molecule has 5 rings (SSSR count). The van der Waals surface area contributed by atoms with E-state index in [1.807, 2.05) is 54.6 Å². The summed E-state index contributed by atoms with van der Waals surface area (Å²) in [6, 6.07) is 25.6. The monoisotopic (exact) mass is 554 g/mol. The first-order valence-electron chi connectivity index (χ1n) is 13.4. The predicted molar refractivity (Wildman–Crippen MR) is 162 cm³/mol. The van der Waals surface area contributed by atoms with Crippen molar-refractivity contribution in [1.82, 2.24) is 10.4 Å². The van der Waals surface area contributed by atoms with Gasteiger partial charge in [-0.3, -0.25) is 4.79 Å². The van der Waals surface area contributed by atoms with E-state index in [1.165, 1.54) is 5.56 Å². The molecule has 0 aliphatic carbocycles. The fraction of sp³-hybridized carbons (Fsp3) is 0.281. The molecule has 40 heavy (non-hydrogen) atoms. The summed E-state index contributed by atoms with van der Waals surface area (Å²) >= 11 is 1.56. The van der Waals surface area contributed by atoms with Crippen molar-refractivity contribution < 1.29 is 14.3 Å². The van der Waals surface area contributed by atoms with Crippen LogP contribution in [0.3, 0.4) is 0 Å². The van der Waals surface area contributed by atoms with Crippen molar-refractivity contribution >= 4 is 28.6 Å². The van der Waals surface area contributed by atoms with Crippen LogP contribution >= 0.6 is 11.3 Å². The normalized spacial score (nSPS) is 13.9. The van der Waals surface area contributed by atoms with Gasteiger partial charge in [-0.2, -0.15) is 5.10 Å². The Labute approximate surface area is 239 Å². The molecule has 1 amide bonds. The molecule has 0 saturated carbocycles. The number of nitrogens with zero attached hydrogens (tertiary/aromatic N) is 3. The Hall–Kier alpha value is -4.01. The van der Waals surface area contributed by atoms with E-state index < -0.39 is 0 Å². The Bertz CT molecular complexity index is 1440. The fourth-order valence-electron chi connectivity index (χ4n) is 4.28. The van der Waals surface area contributed by atoms with Crippen molar-refractivity contribution in [2.24, 2.45) is 5.10 Å². The van der Waals surface area contributed by atoms with E-state index in [1.54, 1.807) is 29.7 Å². The Morgan fingerprint density at radius 1 is 1.02 bits per heavy atom. The Kier molecular flexibility index (Phi) is 8.57. The van der Waals surface area contributed by atoms with E-state index in [0.717, 1.165) is 45.7 Å². The van der Waals surface area contributed by atoms with Gasteiger partial charge in [0.05, 0.1) is 30.0 Å². The number of rotatable bonds is 8. The summed E-state index contributed by atoms with van der Waals surface area (Å²) in [5.74, 6) is 0.541. The number of ether oxygens (including phenoxy) is 2. The van der Waals surface area contributed by atoms with Crippen molar-refractivity contribution in [2.75, 3.05) is 31.2 Å². The maximum atomic E-state index is 12.8. The molecular weight excluding hydrogens is 520 g/mol. The van der Waals surface area contributed by atoms with Crippen LogP contribution in [-0.4, -0.2) is 43.4 Å². The van der Waals surface area contributed by atoms with Crippen LogP contribution in [0.15, 0.2) is 84.0 Å². The summed E-state index contributed by atoms with van der Waals surface area (Å²) in [4.78, 5) is 20.8. The Morgan fingerprint density at radius 3 is 2.40 bits per heavy atom. The van der Waals surface area contributed by atoms with Crippen molar-refractivity contribution in [2.45, 2.75) is 32.8 Å². The standard InChI is InChI=1S/C32H34N4O3S/c1-32(2,3)26-13-15-27(16-14-26)39-22-23-9-11-25(12-10-23)30(37)35-33-21-28-29(24-7-5-4-6-8-24)34-31(40-28)36-17-19-38-20-18-36/h4-16,21H,17-20,22H2,1-3H3,(H,35,37)/b33-21-. The molecule has 0 atom stereocenters. The zero-order valence-electron chi connectivity index (χ0n) is 23.1. The summed E-state index contributed by atoms with van der Waals surface area (Å²) in [6.07, 6.45) is 1.68. The Balaban J connectivity index is 1.20. The first kappa shape index (κ1) is 27.6. The second-order valence-corrected chi connectivity index (χ2v) is 11.6. The van der Waals surface area contributed by atoms with Gasteiger partial charge in [-0.1, -0.05) is 86.7 Å². The summed E-state index contributed by atoms with van der Waals surface area (Å²) in [5.41, 5.74) is 7.39. The van der Waals surface area contributed by atoms with E-state index in [0.29, 0.717) is 25.4 Å². The van der Waals surface area contributed by atoms with Crippen molar-refractivity contribution in [3.63, 3.8) is 0 Å². The number of carbonyl (C=O) groups excluding carboxylic acids is 1. The molecule has 8 heteroatoms. The third-order valence-electron chi connectivity index (χ3n) is 6.66. The van der Waals surface area contributed by atoms with Crippen molar-refractivity contribution in [3.05, 3.63) is 100 Å². The third kappa shape index (κ3) is 6.94. The van der Waals surface area contributed by atoms with E-state index in [2.05, 4.69) is 48.3 Å². The molecular formula is C32H34N4O3S. The summed E-state index contributed by atoms with van der Waals surface area (Å²) in [7, 11) is 0. The van der Waals surface area contributed by atoms with E-state index in [9.17, 15) is 4.79 Å². The van der Waals surface area contributed by atoms with E-state index in [4.69, 9.17) is 14.5 Å². The van der Waals surface area contributed by atoms with E-state index in [-0.39, 0.29) is 11.3 Å². The van der Waals surface area contributed by atoms with Gasteiger partial charge in [0.15, 0.2) is 5.13 Å². The smallest absolute Gasteiger partial charge is 0.271 e. The number of carbonyl (C=O) groups is 1. The van der Waals surface area contributed by atoms with Crippen LogP contribution in [-0.2, 0) is 16.8 Å². The van der Waals surface area contributed by atoms with Gasteiger partial charge < -0.3 is 14.4 Å². The molecule has 1 N–H and O–H groups in total. The number of hydrogen-bond donors (Lipinski definition) is 1. The quantitative estimate of drug-likeness (QED) is 0.205. The van der Waals surface area contributed by atoms with Crippen LogP contribution in [0.4, 0.5) is 5.13 Å². The molecule has 206 valence electrons. The number of amides is 1. The molecule has 0 spiro atoms. The lowest BCUT2D eigenvalue weighted by Crippen LogP contribution is -2.36. The number of morpholine rings is 1. The molecule has 7 nitrogen and oxygen atoms in total. The molecule has 1 aliphatic heterocycles. The largest absolute Gasteiger partial charge is 0.489 e. The minimum atomic E-state index is -0.277. The minimum Gasteiger partial charge on any atom is -0.489 e. The van der Waals surface area contributed by atoms with Crippen LogP contribution in [0.2, 0.25) is 0 Å². The molecule has 1 aliphatic rings. The zero-order chi connectivity index (χ0) is 28.0. The maximum absolute atomic E-state index is 12.8. The molecule has 0 unspecified atom stereocenters.